The van der Waals surface area contributed by atoms with Crippen molar-refractivity contribution in [2.24, 2.45) is 0 Å². The average Bonchev–Trinajstić information content (AvgIpc) is 2.43. The Morgan fingerprint density at radius 1 is 1.57 bits per heavy atom. The van der Waals surface area contributed by atoms with Gasteiger partial charge in [0.1, 0.15) is 5.67 Å². The molecule has 0 bridgehead atoms. The maximum atomic E-state index is 14.0. The monoisotopic (exact) mass is 194 g/mol. The zero-order valence-corrected chi connectivity index (χ0v) is 7.88. The first-order valence-electron chi connectivity index (χ1n) is 4.57. The normalized spacial score (nSPS) is 24.7. The number of benzene rings is 1. The van der Waals surface area contributed by atoms with E-state index in [9.17, 15) is 9.18 Å². The van der Waals surface area contributed by atoms with Crippen LogP contribution < -0.4 is 0 Å². The molecule has 1 aliphatic rings. The molecule has 74 valence electrons. The highest BCUT2D eigenvalue weighted by molar-refractivity contribution is 5.90. The van der Waals surface area contributed by atoms with E-state index in [-0.39, 0.29) is 5.56 Å². The van der Waals surface area contributed by atoms with Crippen molar-refractivity contribution in [3.8, 4) is 0 Å². The van der Waals surface area contributed by atoms with Gasteiger partial charge < -0.3 is 5.11 Å². The van der Waals surface area contributed by atoms with Gasteiger partial charge in [-0.25, -0.2) is 9.18 Å². The molecule has 3 heteroatoms. The van der Waals surface area contributed by atoms with E-state index in [1.165, 1.54) is 13.0 Å². The van der Waals surface area contributed by atoms with Gasteiger partial charge in [-0.2, -0.15) is 0 Å². The first kappa shape index (κ1) is 9.19. The van der Waals surface area contributed by atoms with E-state index in [4.69, 9.17) is 5.11 Å². The highest BCUT2D eigenvalue weighted by Gasteiger charge is 2.37. The second kappa shape index (κ2) is 2.80. The number of carbonyl (C=O) groups is 1. The van der Waals surface area contributed by atoms with Gasteiger partial charge in [-0.15, -0.1) is 0 Å². The smallest absolute Gasteiger partial charge is 0.336 e. The van der Waals surface area contributed by atoms with Crippen LogP contribution in [0.15, 0.2) is 18.2 Å². The summed E-state index contributed by atoms with van der Waals surface area (Å²) in [5, 5.41) is 8.91. The summed E-state index contributed by atoms with van der Waals surface area (Å²) in [7, 11) is 0. The van der Waals surface area contributed by atoms with Crippen LogP contribution in [-0.4, -0.2) is 11.1 Å². The maximum absolute atomic E-state index is 14.0. The highest BCUT2D eigenvalue weighted by atomic mass is 19.1. The van der Waals surface area contributed by atoms with Crippen LogP contribution in [0.1, 0.15) is 34.8 Å². The number of aromatic carboxylic acids is 1. The van der Waals surface area contributed by atoms with Crippen molar-refractivity contribution in [3.05, 3.63) is 34.9 Å². The van der Waals surface area contributed by atoms with Crippen LogP contribution in [-0.2, 0) is 12.1 Å². The molecule has 0 amide bonds. The Hall–Kier alpha value is -1.38. The van der Waals surface area contributed by atoms with E-state index >= 15 is 0 Å². The topological polar surface area (TPSA) is 37.3 Å². The van der Waals surface area contributed by atoms with E-state index in [2.05, 4.69) is 0 Å². The lowest BCUT2D eigenvalue weighted by Crippen LogP contribution is -2.15. The van der Waals surface area contributed by atoms with E-state index in [1.807, 2.05) is 0 Å². The Morgan fingerprint density at radius 2 is 2.29 bits per heavy atom. The fraction of sp³-hybridized carbons (Fsp3) is 0.364. The Bertz CT molecular complexity index is 396. The van der Waals surface area contributed by atoms with Crippen LogP contribution in [0.25, 0.3) is 0 Å². The molecule has 0 spiro atoms. The van der Waals surface area contributed by atoms with Crippen LogP contribution in [0.3, 0.4) is 0 Å². The molecular weight excluding hydrogens is 183 g/mol. The molecule has 0 fully saturated rings. The van der Waals surface area contributed by atoms with Crippen LogP contribution in [0.2, 0.25) is 0 Å². The summed E-state index contributed by atoms with van der Waals surface area (Å²) < 4.78 is 14.0. The molecule has 0 radical (unpaired) electrons. The minimum atomic E-state index is -1.48. The minimum Gasteiger partial charge on any atom is -0.478 e. The predicted octanol–water partition coefficient (Wildman–Crippen LogP) is 2.52. The average molecular weight is 194 g/mol. The third-order valence-corrected chi connectivity index (χ3v) is 2.77. The van der Waals surface area contributed by atoms with Crippen molar-refractivity contribution in [2.45, 2.75) is 25.4 Å². The van der Waals surface area contributed by atoms with Gasteiger partial charge in [0, 0.05) is 5.56 Å². The van der Waals surface area contributed by atoms with Gasteiger partial charge in [0.05, 0.1) is 5.56 Å². The lowest BCUT2D eigenvalue weighted by molar-refractivity contribution is 0.0688. The van der Waals surface area contributed by atoms with Gasteiger partial charge in [-0.05, 0) is 31.4 Å². The van der Waals surface area contributed by atoms with Crippen molar-refractivity contribution >= 4 is 5.97 Å². The molecule has 0 aromatic heterocycles. The number of aryl methyl sites for hydroxylation is 1. The SMILES string of the molecule is CC1(F)CCc2cccc(C(=O)O)c21. The van der Waals surface area contributed by atoms with Crippen molar-refractivity contribution < 1.29 is 14.3 Å². The molecule has 1 aromatic carbocycles. The summed E-state index contributed by atoms with van der Waals surface area (Å²) in [6.45, 7) is 1.45. The summed E-state index contributed by atoms with van der Waals surface area (Å²) in [4.78, 5) is 10.9. The quantitative estimate of drug-likeness (QED) is 0.745. The second-order valence-electron chi connectivity index (χ2n) is 3.84. The van der Waals surface area contributed by atoms with E-state index in [1.54, 1.807) is 12.1 Å². The lowest BCUT2D eigenvalue weighted by atomic mass is 9.95. The Morgan fingerprint density at radius 3 is 2.93 bits per heavy atom. The predicted molar refractivity (Wildman–Crippen MR) is 50.2 cm³/mol. The zero-order chi connectivity index (χ0) is 10.3. The third-order valence-electron chi connectivity index (χ3n) is 2.77. The molecule has 1 aromatic rings. The molecular formula is C11H11FO2. The fourth-order valence-electron chi connectivity index (χ4n) is 2.10. The largest absolute Gasteiger partial charge is 0.478 e. The number of halogens is 1. The van der Waals surface area contributed by atoms with Gasteiger partial charge in [0.2, 0.25) is 0 Å². The summed E-state index contributed by atoms with van der Waals surface area (Å²) in [5.41, 5.74) is -0.183. The van der Waals surface area contributed by atoms with Crippen molar-refractivity contribution in [1.29, 1.82) is 0 Å². The number of rotatable bonds is 1. The summed E-state index contributed by atoms with van der Waals surface area (Å²) in [6.07, 6.45) is 1.01. The molecule has 1 N–H and O–H groups in total. The number of fused-ring (bicyclic) bond motifs is 1. The summed E-state index contributed by atoms with van der Waals surface area (Å²) in [6, 6.07) is 4.93. The molecule has 0 saturated heterocycles. The lowest BCUT2D eigenvalue weighted by Gasteiger charge is -2.16. The first-order chi connectivity index (χ1) is 6.52. The molecule has 1 aliphatic carbocycles. The minimum absolute atomic E-state index is 0.102. The van der Waals surface area contributed by atoms with Crippen molar-refractivity contribution in [3.63, 3.8) is 0 Å². The van der Waals surface area contributed by atoms with E-state index in [0.29, 0.717) is 18.4 Å². The molecule has 2 nitrogen and oxygen atoms in total. The standard InChI is InChI=1S/C11H11FO2/c1-11(12)6-5-7-3-2-4-8(9(7)11)10(13)14/h2-4H,5-6H2,1H3,(H,13,14). The third kappa shape index (κ3) is 1.20. The Kier molecular flexibility index (Phi) is 1.84. The number of carboxylic acid groups (broad SMARTS) is 1. The summed E-state index contributed by atoms with van der Waals surface area (Å²) in [5.74, 6) is -1.05. The van der Waals surface area contributed by atoms with Gasteiger partial charge >= 0.3 is 5.97 Å². The Labute approximate surface area is 81.4 Å². The van der Waals surface area contributed by atoms with Crippen molar-refractivity contribution in [2.75, 3.05) is 0 Å². The molecule has 0 saturated carbocycles. The highest BCUT2D eigenvalue weighted by Crippen LogP contribution is 2.41. The summed E-state index contributed by atoms with van der Waals surface area (Å²) >= 11 is 0. The molecule has 0 aliphatic heterocycles. The number of hydrogen-bond donors (Lipinski definition) is 1. The zero-order valence-electron chi connectivity index (χ0n) is 7.88. The fourth-order valence-corrected chi connectivity index (χ4v) is 2.10. The van der Waals surface area contributed by atoms with E-state index in [0.717, 1.165) is 5.56 Å². The number of hydrogen-bond acceptors (Lipinski definition) is 1. The first-order valence-corrected chi connectivity index (χ1v) is 4.57. The van der Waals surface area contributed by atoms with Gasteiger partial charge in [0.25, 0.3) is 0 Å². The van der Waals surface area contributed by atoms with Gasteiger partial charge in [0.15, 0.2) is 0 Å². The molecule has 1 unspecified atom stereocenters. The number of carboxylic acids is 1. The number of alkyl halides is 1. The van der Waals surface area contributed by atoms with Crippen LogP contribution >= 0.6 is 0 Å². The van der Waals surface area contributed by atoms with Crippen LogP contribution in [0.4, 0.5) is 4.39 Å². The van der Waals surface area contributed by atoms with Crippen LogP contribution in [0.5, 0.6) is 0 Å². The van der Waals surface area contributed by atoms with Gasteiger partial charge in [-0.1, -0.05) is 12.1 Å². The molecule has 14 heavy (non-hydrogen) atoms. The van der Waals surface area contributed by atoms with Gasteiger partial charge in [-0.3, -0.25) is 0 Å². The molecule has 0 heterocycles. The second-order valence-corrected chi connectivity index (χ2v) is 3.84. The Balaban J connectivity index is 2.66. The molecule has 1 atom stereocenters. The maximum Gasteiger partial charge on any atom is 0.336 e. The van der Waals surface area contributed by atoms with E-state index < -0.39 is 11.6 Å². The molecule has 2 rings (SSSR count). The van der Waals surface area contributed by atoms with Crippen molar-refractivity contribution in [1.82, 2.24) is 0 Å². The van der Waals surface area contributed by atoms with Crippen LogP contribution in [0, 0.1) is 0 Å².